The predicted octanol–water partition coefficient (Wildman–Crippen LogP) is 2.64. The summed E-state index contributed by atoms with van der Waals surface area (Å²) in [7, 11) is 1.76. The van der Waals surface area contributed by atoms with Crippen LogP contribution < -0.4 is 4.90 Å². The summed E-state index contributed by atoms with van der Waals surface area (Å²) in [5, 5.41) is 6.96. The number of carbonyl (C=O) groups is 1. The van der Waals surface area contributed by atoms with Gasteiger partial charge in [-0.3, -0.25) is 9.89 Å². The van der Waals surface area contributed by atoms with Gasteiger partial charge in [0.05, 0.1) is 0 Å². The van der Waals surface area contributed by atoms with Gasteiger partial charge in [-0.2, -0.15) is 5.10 Å². The molecule has 0 bridgehead atoms. The molecule has 0 aliphatic carbocycles. The van der Waals surface area contributed by atoms with E-state index in [2.05, 4.69) is 17.1 Å². The summed E-state index contributed by atoms with van der Waals surface area (Å²) in [6, 6.07) is 11.4. The fourth-order valence-corrected chi connectivity index (χ4v) is 1.81. The van der Waals surface area contributed by atoms with Crippen molar-refractivity contribution in [2.75, 3.05) is 11.9 Å². The van der Waals surface area contributed by atoms with Gasteiger partial charge in [0.25, 0.3) is 5.91 Å². The zero-order valence-corrected chi connectivity index (χ0v) is 10.7. The van der Waals surface area contributed by atoms with E-state index in [4.69, 9.17) is 0 Å². The highest BCUT2D eigenvalue weighted by atomic mass is 16.2. The number of para-hydroxylation sites is 1. The van der Waals surface area contributed by atoms with Crippen molar-refractivity contribution in [3.8, 4) is 0 Å². The molecule has 18 heavy (non-hydrogen) atoms. The molecule has 0 radical (unpaired) electrons. The normalized spacial score (nSPS) is 10.3. The molecule has 1 heterocycles. The van der Waals surface area contributed by atoms with Gasteiger partial charge in [-0.25, -0.2) is 0 Å². The Morgan fingerprint density at radius 1 is 1.33 bits per heavy atom. The lowest BCUT2D eigenvalue weighted by molar-refractivity contribution is 0.0988. The topological polar surface area (TPSA) is 49.0 Å². The Morgan fingerprint density at radius 2 is 2.06 bits per heavy atom. The van der Waals surface area contributed by atoms with Gasteiger partial charge < -0.3 is 4.90 Å². The third-order valence-corrected chi connectivity index (χ3v) is 2.82. The van der Waals surface area contributed by atoms with E-state index in [1.807, 2.05) is 36.4 Å². The van der Waals surface area contributed by atoms with Crippen LogP contribution in [0.3, 0.4) is 0 Å². The van der Waals surface area contributed by atoms with E-state index < -0.39 is 0 Å². The molecule has 0 fully saturated rings. The van der Waals surface area contributed by atoms with Crippen LogP contribution in [0.2, 0.25) is 0 Å². The van der Waals surface area contributed by atoms with Crippen LogP contribution in [0.25, 0.3) is 0 Å². The van der Waals surface area contributed by atoms with E-state index in [0.29, 0.717) is 5.69 Å². The minimum Gasteiger partial charge on any atom is -0.310 e. The van der Waals surface area contributed by atoms with Gasteiger partial charge in [-0.05, 0) is 24.6 Å². The second kappa shape index (κ2) is 5.49. The number of nitrogens with zero attached hydrogens (tertiary/aromatic N) is 2. The first-order valence-corrected chi connectivity index (χ1v) is 6.09. The lowest BCUT2D eigenvalue weighted by Gasteiger charge is -2.15. The Labute approximate surface area is 107 Å². The Bertz CT molecular complexity index is 519. The molecule has 0 saturated heterocycles. The third-order valence-electron chi connectivity index (χ3n) is 2.82. The molecule has 0 saturated carbocycles. The van der Waals surface area contributed by atoms with Crippen LogP contribution in [0.15, 0.2) is 36.4 Å². The molecule has 1 aromatic carbocycles. The molecule has 1 N–H and O–H groups in total. The second-order valence-electron chi connectivity index (χ2n) is 4.23. The molecule has 4 heteroatoms. The maximum absolute atomic E-state index is 12.2. The van der Waals surface area contributed by atoms with Gasteiger partial charge in [0, 0.05) is 18.4 Å². The molecule has 0 unspecified atom stereocenters. The molecule has 1 aromatic heterocycles. The Balaban J connectivity index is 2.15. The van der Waals surface area contributed by atoms with Crippen molar-refractivity contribution in [3.05, 3.63) is 47.8 Å². The number of anilines is 1. The number of rotatable bonds is 4. The molecule has 1 amide bonds. The minimum absolute atomic E-state index is 0.0974. The monoisotopic (exact) mass is 243 g/mol. The van der Waals surface area contributed by atoms with Gasteiger partial charge >= 0.3 is 0 Å². The summed E-state index contributed by atoms with van der Waals surface area (Å²) in [6.07, 6.45) is 1.94. The van der Waals surface area contributed by atoms with Crippen molar-refractivity contribution in [2.24, 2.45) is 0 Å². The molecule has 0 spiro atoms. The molecule has 0 aliphatic heterocycles. The number of hydrogen-bond acceptors (Lipinski definition) is 2. The van der Waals surface area contributed by atoms with Crippen molar-refractivity contribution in [1.29, 1.82) is 0 Å². The van der Waals surface area contributed by atoms with Gasteiger partial charge in [-0.15, -0.1) is 0 Å². The number of H-pyrrole nitrogens is 1. The highest BCUT2D eigenvalue weighted by Crippen LogP contribution is 2.14. The van der Waals surface area contributed by atoms with E-state index in [0.717, 1.165) is 24.2 Å². The molecule has 2 rings (SSSR count). The number of benzene rings is 1. The number of aromatic nitrogens is 2. The lowest BCUT2D eigenvalue weighted by Crippen LogP contribution is -2.26. The van der Waals surface area contributed by atoms with Crippen LogP contribution in [-0.4, -0.2) is 23.2 Å². The minimum atomic E-state index is -0.0974. The van der Waals surface area contributed by atoms with Crippen LogP contribution in [0, 0.1) is 0 Å². The first-order valence-electron chi connectivity index (χ1n) is 6.09. The first kappa shape index (κ1) is 12.4. The van der Waals surface area contributed by atoms with E-state index in [-0.39, 0.29) is 5.91 Å². The van der Waals surface area contributed by atoms with Crippen molar-refractivity contribution < 1.29 is 4.79 Å². The van der Waals surface area contributed by atoms with Gasteiger partial charge in [0.1, 0.15) is 0 Å². The number of aryl methyl sites for hydroxylation is 1. The molecular weight excluding hydrogens is 226 g/mol. The standard InChI is InChI=1S/C14H17N3O/c1-3-7-11-10-13(16-15-11)14(18)17(2)12-8-5-4-6-9-12/h4-6,8-10H,3,7H2,1-2H3,(H,15,16). The Kier molecular flexibility index (Phi) is 3.77. The van der Waals surface area contributed by atoms with Crippen molar-refractivity contribution in [1.82, 2.24) is 10.2 Å². The molecular formula is C14H17N3O. The van der Waals surface area contributed by atoms with Crippen LogP contribution in [-0.2, 0) is 6.42 Å². The number of amides is 1. The number of carbonyl (C=O) groups excluding carboxylic acids is 1. The van der Waals surface area contributed by atoms with Crippen LogP contribution in [0.4, 0.5) is 5.69 Å². The second-order valence-corrected chi connectivity index (χ2v) is 4.23. The summed E-state index contributed by atoms with van der Waals surface area (Å²) < 4.78 is 0. The zero-order chi connectivity index (χ0) is 13.0. The SMILES string of the molecule is CCCc1cc(C(=O)N(C)c2ccccc2)n[nH]1. The fourth-order valence-electron chi connectivity index (χ4n) is 1.81. The molecule has 0 aliphatic rings. The summed E-state index contributed by atoms with van der Waals surface area (Å²) in [4.78, 5) is 13.8. The first-order chi connectivity index (χ1) is 8.72. The smallest absolute Gasteiger partial charge is 0.278 e. The maximum Gasteiger partial charge on any atom is 0.278 e. The fraction of sp³-hybridized carbons (Fsp3) is 0.286. The van der Waals surface area contributed by atoms with E-state index in [1.165, 1.54) is 0 Å². The quantitative estimate of drug-likeness (QED) is 0.897. The number of hydrogen-bond donors (Lipinski definition) is 1. The molecule has 2 aromatic rings. The van der Waals surface area contributed by atoms with Crippen molar-refractivity contribution >= 4 is 11.6 Å². The molecule has 94 valence electrons. The predicted molar refractivity (Wildman–Crippen MR) is 71.8 cm³/mol. The Hall–Kier alpha value is -2.10. The van der Waals surface area contributed by atoms with E-state index >= 15 is 0 Å². The van der Waals surface area contributed by atoms with E-state index in [1.54, 1.807) is 11.9 Å². The van der Waals surface area contributed by atoms with Gasteiger partial charge in [0.15, 0.2) is 5.69 Å². The number of aromatic amines is 1. The molecule has 4 nitrogen and oxygen atoms in total. The highest BCUT2D eigenvalue weighted by molar-refractivity contribution is 6.04. The lowest BCUT2D eigenvalue weighted by atomic mass is 10.2. The van der Waals surface area contributed by atoms with Crippen molar-refractivity contribution in [2.45, 2.75) is 19.8 Å². The average Bonchev–Trinajstić information content (AvgIpc) is 2.87. The van der Waals surface area contributed by atoms with Gasteiger partial charge in [0.2, 0.25) is 0 Å². The Morgan fingerprint density at radius 3 is 2.72 bits per heavy atom. The zero-order valence-electron chi connectivity index (χ0n) is 10.7. The summed E-state index contributed by atoms with van der Waals surface area (Å²) in [5.74, 6) is -0.0974. The third kappa shape index (κ3) is 2.59. The highest BCUT2D eigenvalue weighted by Gasteiger charge is 2.16. The molecule has 0 atom stereocenters. The summed E-state index contributed by atoms with van der Waals surface area (Å²) in [6.45, 7) is 2.10. The van der Waals surface area contributed by atoms with Crippen LogP contribution in [0.5, 0.6) is 0 Å². The summed E-state index contributed by atoms with van der Waals surface area (Å²) in [5.41, 5.74) is 2.33. The average molecular weight is 243 g/mol. The summed E-state index contributed by atoms with van der Waals surface area (Å²) >= 11 is 0. The van der Waals surface area contributed by atoms with Crippen LogP contribution >= 0.6 is 0 Å². The van der Waals surface area contributed by atoms with Crippen molar-refractivity contribution in [3.63, 3.8) is 0 Å². The number of nitrogens with one attached hydrogen (secondary N) is 1. The largest absolute Gasteiger partial charge is 0.310 e. The van der Waals surface area contributed by atoms with Gasteiger partial charge in [-0.1, -0.05) is 31.5 Å². The van der Waals surface area contributed by atoms with Crippen LogP contribution in [0.1, 0.15) is 29.5 Å². The van der Waals surface area contributed by atoms with E-state index in [9.17, 15) is 4.79 Å². The maximum atomic E-state index is 12.2.